The minimum atomic E-state index is -0.262. The van der Waals surface area contributed by atoms with E-state index in [1.54, 1.807) is 16.6 Å². The average Bonchev–Trinajstić information content (AvgIpc) is 3.09. The summed E-state index contributed by atoms with van der Waals surface area (Å²) >= 11 is 4.83. The van der Waals surface area contributed by atoms with Gasteiger partial charge in [-0.3, -0.25) is 0 Å². The van der Waals surface area contributed by atoms with Gasteiger partial charge in [-0.15, -0.1) is 10.2 Å². The number of benzene rings is 2. The third kappa shape index (κ3) is 2.32. The molecule has 0 unspecified atom stereocenters. The number of aromatic nitrogens is 4. The fraction of sp³-hybridized carbons (Fsp3) is 0. The summed E-state index contributed by atoms with van der Waals surface area (Å²) in [5, 5.41) is 13.7. The lowest BCUT2D eigenvalue weighted by atomic mass is 10.2. The van der Waals surface area contributed by atoms with Gasteiger partial charge in [0.15, 0.2) is 5.82 Å². The van der Waals surface area contributed by atoms with Crippen molar-refractivity contribution in [1.82, 2.24) is 19.8 Å². The maximum atomic E-state index is 13.0. The molecule has 0 bridgehead atoms. The molecule has 0 spiro atoms. The quantitative estimate of drug-likeness (QED) is 0.521. The molecule has 0 N–H and O–H groups in total. The predicted octanol–water partition coefficient (Wildman–Crippen LogP) is 4.42. The van der Waals surface area contributed by atoms with E-state index in [9.17, 15) is 4.39 Å². The number of nitrogens with zero attached hydrogens (tertiary/aromatic N) is 4. The molecule has 4 rings (SSSR count). The topological polar surface area (TPSA) is 43.1 Å². The van der Waals surface area contributed by atoms with E-state index in [-0.39, 0.29) is 5.82 Å². The molecule has 2 aromatic heterocycles. The van der Waals surface area contributed by atoms with Gasteiger partial charge in [-0.2, -0.15) is 9.61 Å². The van der Waals surface area contributed by atoms with Crippen LogP contribution in [0, 0.1) is 5.82 Å². The Bertz CT molecular complexity index is 944. The summed E-state index contributed by atoms with van der Waals surface area (Å²) in [6.45, 7) is 0. The Morgan fingerprint density at radius 1 is 0.909 bits per heavy atom. The van der Waals surface area contributed by atoms with Crippen LogP contribution in [0.1, 0.15) is 0 Å². The van der Waals surface area contributed by atoms with Crippen LogP contribution in [0.4, 0.5) is 4.39 Å². The third-order valence-electron chi connectivity index (χ3n) is 3.18. The molecule has 7 heteroatoms. The maximum Gasteiger partial charge on any atom is 0.235 e. The zero-order chi connectivity index (χ0) is 15.1. The molecule has 4 nitrogen and oxygen atoms in total. The molecule has 0 aliphatic heterocycles. The molecule has 0 saturated heterocycles. The first-order chi connectivity index (χ1) is 10.7. The first-order valence-electron chi connectivity index (χ1n) is 6.45. The van der Waals surface area contributed by atoms with Crippen molar-refractivity contribution in [3.8, 4) is 22.0 Å². The SMILES string of the molecule is Fc1ccc(-c2nn3c(-c4ccc(Br)cc4)nnc3s2)cc1. The van der Waals surface area contributed by atoms with Gasteiger partial charge in [0.1, 0.15) is 10.8 Å². The second kappa shape index (κ2) is 5.26. The van der Waals surface area contributed by atoms with E-state index in [0.29, 0.717) is 10.8 Å². The van der Waals surface area contributed by atoms with Crippen LogP contribution >= 0.6 is 27.3 Å². The normalized spacial score (nSPS) is 11.2. The molecule has 2 aromatic carbocycles. The van der Waals surface area contributed by atoms with E-state index in [0.717, 1.165) is 20.6 Å². The largest absolute Gasteiger partial charge is 0.235 e. The molecule has 0 amide bonds. The van der Waals surface area contributed by atoms with Crippen LogP contribution in [0.25, 0.3) is 26.9 Å². The van der Waals surface area contributed by atoms with E-state index in [2.05, 4.69) is 31.2 Å². The van der Waals surface area contributed by atoms with Crippen LogP contribution in [-0.2, 0) is 0 Å². The summed E-state index contributed by atoms with van der Waals surface area (Å²) in [7, 11) is 0. The molecule has 2 heterocycles. The van der Waals surface area contributed by atoms with Gasteiger partial charge in [0.25, 0.3) is 0 Å². The summed E-state index contributed by atoms with van der Waals surface area (Å²) < 4.78 is 15.7. The molecule has 0 radical (unpaired) electrons. The van der Waals surface area contributed by atoms with Crippen LogP contribution < -0.4 is 0 Å². The van der Waals surface area contributed by atoms with Gasteiger partial charge in [-0.1, -0.05) is 39.4 Å². The van der Waals surface area contributed by atoms with Crippen LogP contribution in [-0.4, -0.2) is 19.8 Å². The van der Waals surface area contributed by atoms with Gasteiger partial charge in [0.2, 0.25) is 4.96 Å². The van der Waals surface area contributed by atoms with E-state index < -0.39 is 0 Å². The number of hydrogen-bond acceptors (Lipinski definition) is 4. The lowest BCUT2D eigenvalue weighted by molar-refractivity contribution is 0.628. The maximum absolute atomic E-state index is 13.0. The van der Waals surface area contributed by atoms with Gasteiger partial charge in [-0.25, -0.2) is 4.39 Å². The Morgan fingerprint density at radius 2 is 1.59 bits per heavy atom. The summed E-state index contributed by atoms with van der Waals surface area (Å²) in [6.07, 6.45) is 0. The molecule has 4 aromatic rings. The standard InChI is InChI=1S/C15H8BrFN4S/c16-11-5-1-9(2-6-11)13-18-19-15-21(13)20-14(22-15)10-3-7-12(17)8-4-10/h1-8H. The Morgan fingerprint density at radius 3 is 2.32 bits per heavy atom. The van der Waals surface area contributed by atoms with E-state index >= 15 is 0 Å². The van der Waals surface area contributed by atoms with Crippen LogP contribution in [0.15, 0.2) is 53.0 Å². The van der Waals surface area contributed by atoms with Crippen molar-refractivity contribution in [2.75, 3.05) is 0 Å². The first-order valence-corrected chi connectivity index (χ1v) is 8.06. The molecule has 0 atom stereocenters. The number of fused-ring (bicyclic) bond motifs is 1. The third-order valence-corrected chi connectivity index (χ3v) is 4.66. The number of hydrogen-bond donors (Lipinski definition) is 0. The summed E-state index contributed by atoms with van der Waals surface area (Å²) in [5.41, 5.74) is 1.80. The van der Waals surface area contributed by atoms with Gasteiger partial charge in [-0.05, 0) is 36.4 Å². The zero-order valence-corrected chi connectivity index (χ0v) is 13.5. The highest BCUT2D eigenvalue weighted by molar-refractivity contribution is 9.10. The van der Waals surface area contributed by atoms with Crippen LogP contribution in [0.5, 0.6) is 0 Å². The van der Waals surface area contributed by atoms with Gasteiger partial charge in [0.05, 0.1) is 0 Å². The lowest BCUT2D eigenvalue weighted by Crippen LogP contribution is -1.90. The summed E-state index contributed by atoms with van der Waals surface area (Å²) in [4.78, 5) is 0.706. The van der Waals surface area contributed by atoms with Crippen LogP contribution in [0.3, 0.4) is 0 Å². The Kier molecular flexibility index (Phi) is 3.24. The van der Waals surface area contributed by atoms with Crippen molar-refractivity contribution >= 4 is 32.2 Å². The monoisotopic (exact) mass is 374 g/mol. The molecule has 0 aliphatic carbocycles. The molecule has 22 heavy (non-hydrogen) atoms. The Hall–Kier alpha value is -2.12. The first kappa shape index (κ1) is 13.5. The van der Waals surface area contributed by atoms with E-state index in [1.165, 1.54) is 23.5 Å². The zero-order valence-electron chi connectivity index (χ0n) is 11.1. The second-order valence-corrected chi connectivity index (χ2v) is 6.51. The van der Waals surface area contributed by atoms with Crippen molar-refractivity contribution < 1.29 is 4.39 Å². The van der Waals surface area contributed by atoms with Crippen molar-refractivity contribution in [2.45, 2.75) is 0 Å². The fourth-order valence-electron chi connectivity index (χ4n) is 2.11. The van der Waals surface area contributed by atoms with Crippen molar-refractivity contribution in [3.05, 3.63) is 58.8 Å². The molecule has 0 saturated carbocycles. The molecular formula is C15H8BrFN4S. The van der Waals surface area contributed by atoms with Gasteiger partial charge >= 0.3 is 0 Å². The predicted molar refractivity (Wildman–Crippen MR) is 87.2 cm³/mol. The molecule has 0 aliphatic rings. The summed E-state index contributed by atoms with van der Waals surface area (Å²) in [5.74, 6) is 0.425. The minimum absolute atomic E-state index is 0.262. The van der Waals surface area contributed by atoms with Crippen LogP contribution in [0.2, 0.25) is 0 Å². The average molecular weight is 375 g/mol. The van der Waals surface area contributed by atoms with Gasteiger partial charge in [0, 0.05) is 15.6 Å². The Labute approximate surface area is 137 Å². The minimum Gasteiger partial charge on any atom is -0.207 e. The summed E-state index contributed by atoms with van der Waals surface area (Å²) in [6, 6.07) is 14.1. The van der Waals surface area contributed by atoms with E-state index in [4.69, 9.17) is 0 Å². The van der Waals surface area contributed by atoms with Crippen molar-refractivity contribution in [3.63, 3.8) is 0 Å². The number of halogens is 2. The highest BCUT2D eigenvalue weighted by Crippen LogP contribution is 2.28. The molecule has 0 fully saturated rings. The van der Waals surface area contributed by atoms with Crippen molar-refractivity contribution in [1.29, 1.82) is 0 Å². The Balaban J connectivity index is 1.82. The number of rotatable bonds is 2. The highest BCUT2D eigenvalue weighted by atomic mass is 79.9. The smallest absolute Gasteiger partial charge is 0.207 e. The van der Waals surface area contributed by atoms with Gasteiger partial charge < -0.3 is 0 Å². The molecular weight excluding hydrogens is 367 g/mol. The van der Waals surface area contributed by atoms with Crippen molar-refractivity contribution in [2.24, 2.45) is 0 Å². The second-order valence-electron chi connectivity index (χ2n) is 4.64. The fourth-order valence-corrected chi connectivity index (χ4v) is 3.21. The molecule has 108 valence electrons. The van der Waals surface area contributed by atoms with E-state index in [1.807, 2.05) is 24.3 Å². The lowest BCUT2D eigenvalue weighted by Gasteiger charge is -1.97. The highest BCUT2D eigenvalue weighted by Gasteiger charge is 2.14.